The molecule has 3 rings (SSSR count). The second-order valence-corrected chi connectivity index (χ2v) is 7.34. The molecule has 0 radical (unpaired) electrons. The lowest BCUT2D eigenvalue weighted by Gasteiger charge is -2.13. The van der Waals surface area contributed by atoms with Crippen molar-refractivity contribution in [1.29, 1.82) is 0 Å². The summed E-state index contributed by atoms with van der Waals surface area (Å²) in [5.41, 5.74) is 0.555. The van der Waals surface area contributed by atoms with Gasteiger partial charge in [-0.05, 0) is 59.8 Å². The van der Waals surface area contributed by atoms with E-state index in [1.54, 1.807) is 42.5 Å². The van der Waals surface area contributed by atoms with Crippen LogP contribution in [-0.4, -0.2) is 48.5 Å². The van der Waals surface area contributed by atoms with Crippen molar-refractivity contribution in [3.8, 4) is 23.0 Å². The maximum Gasteiger partial charge on any atom is 0.293 e. The number of imide groups is 1. The molecule has 0 saturated carbocycles. The second-order valence-electron chi connectivity index (χ2n) is 5.91. The van der Waals surface area contributed by atoms with E-state index in [2.05, 4.69) is 0 Å². The fourth-order valence-electron chi connectivity index (χ4n) is 2.63. The first-order valence-corrected chi connectivity index (χ1v) is 9.71. The lowest BCUT2D eigenvalue weighted by Crippen LogP contribution is -2.32. The molecule has 9 heteroatoms. The van der Waals surface area contributed by atoms with Gasteiger partial charge in [-0.25, -0.2) is 0 Å². The van der Waals surface area contributed by atoms with Crippen molar-refractivity contribution in [3.05, 3.63) is 51.9 Å². The topological polar surface area (TPSA) is 85.3 Å². The third-order valence-electron chi connectivity index (χ3n) is 4.07. The predicted octanol–water partition coefficient (Wildman–Crippen LogP) is 4.18. The summed E-state index contributed by atoms with van der Waals surface area (Å²) in [6, 6.07) is 9.91. The molecular formula is C20H18ClNO6S. The van der Waals surface area contributed by atoms with E-state index in [4.69, 9.17) is 25.8 Å². The first-order valence-electron chi connectivity index (χ1n) is 8.51. The molecule has 2 amide bonds. The van der Waals surface area contributed by atoms with Crippen molar-refractivity contribution >= 4 is 40.6 Å². The largest absolute Gasteiger partial charge is 0.502 e. The standard InChI is InChI=1S/C20H18ClNO6S/c1-26-15-9-12(10-16(27-2)18(15)23)11-17-19(24)22(20(25)29-17)7-8-28-14-5-3-13(21)4-6-14/h3-6,9-11,23H,7-8H2,1-2H3/b17-11-. The average molecular weight is 436 g/mol. The summed E-state index contributed by atoms with van der Waals surface area (Å²) in [6.45, 7) is 0.278. The van der Waals surface area contributed by atoms with Gasteiger partial charge >= 0.3 is 0 Å². The summed E-state index contributed by atoms with van der Waals surface area (Å²) in [4.78, 5) is 26.2. The number of hydrogen-bond acceptors (Lipinski definition) is 7. The summed E-state index contributed by atoms with van der Waals surface area (Å²) in [5, 5.41) is 10.2. The minimum absolute atomic E-state index is 0.118. The molecule has 0 spiro atoms. The maximum absolute atomic E-state index is 12.6. The third-order valence-corrected chi connectivity index (χ3v) is 5.23. The van der Waals surface area contributed by atoms with E-state index in [9.17, 15) is 14.7 Å². The highest BCUT2D eigenvalue weighted by Gasteiger charge is 2.34. The fourth-order valence-corrected chi connectivity index (χ4v) is 3.62. The number of thioether (sulfide) groups is 1. The number of halogens is 1. The van der Waals surface area contributed by atoms with Crippen LogP contribution in [0.2, 0.25) is 5.02 Å². The quantitative estimate of drug-likeness (QED) is 0.653. The van der Waals surface area contributed by atoms with E-state index in [0.717, 1.165) is 16.7 Å². The van der Waals surface area contributed by atoms with Crippen LogP contribution in [0, 0.1) is 0 Å². The Morgan fingerprint density at radius 1 is 1.10 bits per heavy atom. The number of ether oxygens (including phenoxy) is 3. The molecular weight excluding hydrogens is 418 g/mol. The number of rotatable bonds is 7. The van der Waals surface area contributed by atoms with Crippen molar-refractivity contribution in [2.24, 2.45) is 0 Å². The van der Waals surface area contributed by atoms with Crippen LogP contribution in [0.4, 0.5) is 4.79 Å². The van der Waals surface area contributed by atoms with Crippen LogP contribution < -0.4 is 14.2 Å². The van der Waals surface area contributed by atoms with Crippen molar-refractivity contribution in [2.45, 2.75) is 0 Å². The van der Waals surface area contributed by atoms with Crippen LogP contribution >= 0.6 is 23.4 Å². The molecule has 1 aliphatic rings. The van der Waals surface area contributed by atoms with Gasteiger partial charge in [0.05, 0.1) is 25.7 Å². The Kier molecular flexibility index (Phi) is 6.56. The summed E-state index contributed by atoms with van der Waals surface area (Å²) >= 11 is 6.66. The number of carbonyl (C=O) groups is 2. The predicted molar refractivity (Wildman–Crippen MR) is 111 cm³/mol. The normalized spacial score (nSPS) is 15.1. The number of aromatic hydroxyl groups is 1. The van der Waals surface area contributed by atoms with Crippen LogP contribution in [0.1, 0.15) is 5.56 Å². The molecule has 1 aliphatic heterocycles. The van der Waals surface area contributed by atoms with E-state index in [1.807, 2.05) is 0 Å². The molecule has 0 aliphatic carbocycles. The van der Waals surface area contributed by atoms with Crippen LogP contribution in [0.3, 0.4) is 0 Å². The zero-order chi connectivity index (χ0) is 21.0. The molecule has 1 heterocycles. The van der Waals surface area contributed by atoms with Gasteiger partial charge < -0.3 is 19.3 Å². The summed E-state index contributed by atoms with van der Waals surface area (Å²) in [5.74, 6) is 0.447. The van der Waals surface area contributed by atoms with Crippen LogP contribution in [0.25, 0.3) is 6.08 Å². The van der Waals surface area contributed by atoms with E-state index < -0.39 is 5.91 Å². The molecule has 152 valence electrons. The number of hydrogen-bond donors (Lipinski definition) is 1. The van der Waals surface area contributed by atoms with Gasteiger partial charge in [0.1, 0.15) is 12.4 Å². The minimum atomic E-state index is -0.411. The van der Waals surface area contributed by atoms with Gasteiger partial charge in [-0.1, -0.05) is 11.6 Å². The molecule has 0 aromatic heterocycles. The van der Waals surface area contributed by atoms with Gasteiger partial charge in [-0.15, -0.1) is 0 Å². The molecule has 7 nitrogen and oxygen atoms in total. The van der Waals surface area contributed by atoms with E-state index in [0.29, 0.717) is 16.3 Å². The number of benzene rings is 2. The minimum Gasteiger partial charge on any atom is -0.502 e. The molecule has 2 aromatic rings. The highest BCUT2D eigenvalue weighted by molar-refractivity contribution is 8.18. The third kappa shape index (κ3) is 4.78. The van der Waals surface area contributed by atoms with E-state index >= 15 is 0 Å². The molecule has 29 heavy (non-hydrogen) atoms. The number of amides is 2. The molecule has 0 unspecified atom stereocenters. The van der Waals surface area contributed by atoms with E-state index in [1.165, 1.54) is 14.2 Å². The van der Waals surface area contributed by atoms with Gasteiger partial charge in [0.15, 0.2) is 11.5 Å². The Morgan fingerprint density at radius 2 is 1.72 bits per heavy atom. The second kappa shape index (κ2) is 9.11. The number of carbonyl (C=O) groups excluding carboxylic acids is 2. The number of phenolic OH excluding ortho intramolecular Hbond substituents is 1. The van der Waals surface area contributed by atoms with Crippen molar-refractivity contribution in [1.82, 2.24) is 4.90 Å². The van der Waals surface area contributed by atoms with Crippen LogP contribution in [0.5, 0.6) is 23.0 Å². The summed E-state index contributed by atoms with van der Waals surface area (Å²) < 4.78 is 15.8. The average Bonchev–Trinajstić information content (AvgIpc) is 2.97. The van der Waals surface area contributed by atoms with Gasteiger partial charge in [-0.2, -0.15) is 0 Å². The maximum atomic E-state index is 12.6. The Bertz CT molecular complexity index is 935. The smallest absolute Gasteiger partial charge is 0.293 e. The van der Waals surface area contributed by atoms with Crippen molar-refractivity contribution in [2.75, 3.05) is 27.4 Å². The zero-order valence-electron chi connectivity index (χ0n) is 15.7. The Balaban J connectivity index is 1.70. The van der Waals surface area contributed by atoms with Gasteiger partial charge in [0.25, 0.3) is 11.1 Å². The fraction of sp³-hybridized carbons (Fsp3) is 0.200. The van der Waals surface area contributed by atoms with E-state index in [-0.39, 0.29) is 40.5 Å². The number of nitrogens with zero attached hydrogens (tertiary/aromatic N) is 1. The molecule has 0 atom stereocenters. The highest BCUT2D eigenvalue weighted by atomic mass is 35.5. The summed E-state index contributed by atoms with van der Waals surface area (Å²) in [7, 11) is 2.82. The van der Waals surface area contributed by atoms with Gasteiger partial charge in [-0.3, -0.25) is 14.5 Å². The van der Waals surface area contributed by atoms with Crippen LogP contribution in [0.15, 0.2) is 41.3 Å². The molecule has 1 N–H and O–H groups in total. The number of phenols is 1. The van der Waals surface area contributed by atoms with Crippen LogP contribution in [-0.2, 0) is 4.79 Å². The lowest BCUT2D eigenvalue weighted by atomic mass is 10.1. The first kappa shape index (κ1) is 20.9. The number of methoxy groups -OCH3 is 2. The highest BCUT2D eigenvalue weighted by Crippen LogP contribution is 2.39. The Labute approximate surface area is 176 Å². The van der Waals surface area contributed by atoms with Gasteiger partial charge in [0.2, 0.25) is 5.75 Å². The van der Waals surface area contributed by atoms with Crippen molar-refractivity contribution < 1.29 is 28.9 Å². The van der Waals surface area contributed by atoms with Gasteiger partial charge in [0, 0.05) is 5.02 Å². The molecule has 1 saturated heterocycles. The van der Waals surface area contributed by atoms with Crippen molar-refractivity contribution in [3.63, 3.8) is 0 Å². The zero-order valence-corrected chi connectivity index (χ0v) is 17.2. The molecule has 2 aromatic carbocycles. The summed E-state index contributed by atoms with van der Waals surface area (Å²) in [6.07, 6.45) is 1.55. The lowest BCUT2D eigenvalue weighted by molar-refractivity contribution is -0.123. The Hall–Kier alpha value is -2.84. The molecule has 0 bridgehead atoms. The SMILES string of the molecule is COc1cc(/C=C2\SC(=O)N(CCOc3ccc(Cl)cc3)C2=O)cc(OC)c1O. The Morgan fingerprint density at radius 3 is 2.31 bits per heavy atom. The first-order chi connectivity index (χ1) is 13.9. The molecule has 1 fully saturated rings. The monoisotopic (exact) mass is 435 g/mol.